The zero-order chi connectivity index (χ0) is 25.3. The van der Waals surface area contributed by atoms with Crippen LogP contribution in [0, 0.1) is 0 Å². The average Bonchev–Trinajstić information content (AvgIpc) is 3.52. The molecule has 0 saturated carbocycles. The molecule has 1 aliphatic rings. The lowest BCUT2D eigenvalue weighted by atomic mass is 10.1. The average molecular weight is 491 g/mol. The van der Waals surface area contributed by atoms with Crippen LogP contribution in [0.5, 0.6) is 5.75 Å². The van der Waals surface area contributed by atoms with Gasteiger partial charge in [0.15, 0.2) is 11.5 Å². The Morgan fingerprint density at radius 1 is 1.20 bits per heavy atom. The number of carbonyl (C=O) groups excluding carboxylic acids is 2. The van der Waals surface area contributed by atoms with Crippen LogP contribution in [0.3, 0.4) is 0 Å². The smallest absolute Gasteiger partial charge is 0.433 e. The summed E-state index contributed by atoms with van der Waals surface area (Å²) in [5.41, 5.74) is 4.83. The van der Waals surface area contributed by atoms with Crippen LogP contribution < -0.4 is 15.8 Å². The van der Waals surface area contributed by atoms with Crippen LogP contribution in [0.2, 0.25) is 0 Å². The molecule has 3 aromatic rings. The fraction of sp³-hybridized carbons (Fsp3) is 0.391. The fourth-order valence-corrected chi connectivity index (χ4v) is 4.02. The summed E-state index contributed by atoms with van der Waals surface area (Å²) in [6, 6.07) is 4.29. The van der Waals surface area contributed by atoms with Crippen molar-refractivity contribution < 1.29 is 31.9 Å². The normalized spacial score (nSPS) is 14.9. The minimum Gasteiger partial charge on any atom is -0.494 e. The van der Waals surface area contributed by atoms with Gasteiger partial charge in [-0.25, -0.2) is 9.97 Å². The van der Waals surface area contributed by atoms with E-state index in [1.165, 1.54) is 19.2 Å². The molecular formula is C23H24F3N5O4. The van der Waals surface area contributed by atoms with Crippen LogP contribution in [0.1, 0.15) is 41.7 Å². The Kier molecular flexibility index (Phi) is 6.66. The highest BCUT2D eigenvalue weighted by atomic mass is 19.4. The third-order valence-electron chi connectivity index (χ3n) is 5.79. The molecule has 12 heteroatoms. The minimum atomic E-state index is -4.64. The third-order valence-corrected chi connectivity index (χ3v) is 5.79. The Morgan fingerprint density at radius 2 is 1.91 bits per heavy atom. The van der Waals surface area contributed by atoms with Crippen LogP contribution >= 0.6 is 0 Å². The Bertz CT molecular complexity index is 1270. The molecule has 0 spiro atoms. The molecule has 0 unspecified atom stereocenters. The molecule has 1 aliphatic heterocycles. The number of methoxy groups -OCH3 is 1. The predicted octanol–water partition coefficient (Wildman–Crippen LogP) is 3.12. The zero-order valence-electron chi connectivity index (χ0n) is 19.1. The second-order valence-electron chi connectivity index (χ2n) is 8.13. The number of hydrogen-bond acceptors (Lipinski definition) is 7. The van der Waals surface area contributed by atoms with Gasteiger partial charge in [-0.2, -0.15) is 13.2 Å². The monoisotopic (exact) mass is 491 g/mol. The number of pyridine rings is 1. The quantitative estimate of drug-likeness (QED) is 0.543. The fourth-order valence-electron chi connectivity index (χ4n) is 4.02. The lowest BCUT2D eigenvalue weighted by Crippen LogP contribution is -2.46. The highest BCUT2D eigenvalue weighted by Gasteiger charge is 2.33. The molecule has 2 amide bonds. The van der Waals surface area contributed by atoms with Gasteiger partial charge in [0.2, 0.25) is 11.8 Å². The van der Waals surface area contributed by atoms with Gasteiger partial charge in [0, 0.05) is 24.0 Å². The Morgan fingerprint density at radius 3 is 2.54 bits per heavy atom. The highest BCUT2D eigenvalue weighted by Crippen LogP contribution is 2.36. The summed E-state index contributed by atoms with van der Waals surface area (Å²) in [5.74, 6) is -0.657. The van der Waals surface area contributed by atoms with E-state index in [4.69, 9.17) is 14.9 Å². The third kappa shape index (κ3) is 4.78. The number of nitrogens with two attached hydrogens (primary N) is 1. The predicted molar refractivity (Wildman–Crippen MR) is 119 cm³/mol. The molecule has 4 rings (SSSR count). The number of oxazole rings is 1. The van der Waals surface area contributed by atoms with Crippen molar-refractivity contribution in [3.63, 3.8) is 0 Å². The largest absolute Gasteiger partial charge is 0.494 e. The van der Waals surface area contributed by atoms with E-state index < -0.39 is 23.8 Å². The first-order valence-electron chi connectivity index (χ1n) is 11.0. The number of rotatable bonds is 6. The molecule has 0 radical (unpaired) electrons. The van der Waals surface area contributed by atoms with Crippen molar-refractivity contribution in [2.24, 2.45) is 5.73 Å². The lowest BCUT2D eigenvalue weighted by molar-refractivity contribution is -0.141. The van der Waals surface area contributed by atoms with E-state index >= 15 is 0 Å². The summed E-state index contributed by atoms with van der Waals surface area (Å²) >= 11 is 0. The number of fused-ring (bicyclic) bond motifs is 1. The summed E-state index contributed by atoms with van der Waals surface area (Å²) in [4.78, 5) is 35.1. The number of nitrogens with one attached hydrogen (secondary N) is 1. The minimum absolute atomic E-state index is 0.0247. The molecule has 1 atom stereocenters. The van der Waals surface area contributed by atoms with E-state index in [0.29, 0.717) is 18.7 Å². The first-order valence-corrected chi connectivity index (χ1v) is 11.0. The molecule has 1 fully saturated rings. The summed E-state index contributed by atoms with van der Waals surface area (Å²) < 4.78 is 50.5. The van der Waals surface area contributed by atoms with E-state index in [0.717, 1.165) is 18.9 Å². The number of ether oxygens (including phenoxy) is 1. The lowest BCUT2D eigenvalue weighted by Gasteiger charge is -2.20. The molecule has 35 heavy (non-hydrogen) atoms. The topological polar surface area (TPSA) is 124 Å². The molecule has 186 valence electrons. The number of nitrogens with zero attached hydrogens (tertiary/aromatic N) is 3. The summed E-state index contributed by atoms with van der Waals surface area (Å²) in [6.07, 6.45) is -2.80. The van der Waals surface area contributed by atoms with Crippen molar-refractivity contribution in [1.29, 1.82) is 0 Å². The van der Waals surface area contributed by atoms with Crippen LogP contribution in [-0.2, 0) is 17.5 Å². The Hall–Kier alpha value is -3.67. The highest BCUT2D eigenvalue weighted by molar-refractivity contribution is 5.99. The first-order chi connectivity index (χ1) is 16.6. The number of likely N-dealkylation sites (tertiary alicyclic amines) is 1. The maximum Gasteiger partial charge on any atom is 0.433 e. The van der Waals surface area contributed by atoms with Gasteiger partial charge in [-0.1, -0.05) is 0 Å². The molecule has 1 saturated heterocycles. The zero-order valence-corrected chi connectivity index (χ0v) is 19.1. The molecule has 1 aromatic carbocycles. The van der Waals surface area contributed by atoms with Crippen LogP contribution in [0.4, 0.5) is 13.2 Å². The molecule has 3 N–H and O–H groups in total. The van der Waals surface area contributed by atoms with E-state index in [1.807, 2.05) is 0 Å². The summed E-state index contributed by atoms with van der Waals surface area (Å²) in [5, 5.41) is 2.91. The Balaban J connectivity index is 1.68. The molecule has 3 heterocycles. The number of amides is 2. The van der Waals surface area contributed by atoms with Gasteiger partial charge in [0.25, 0.3) is 5.91 Å². The molecular weight excluding hydrogens is 467 g/mol. The number of hydrogen-bond donors (Lipinski definition) is 2. The Labute approximate surface area is 198 Å². The van der Waals surface area contributed by atoms with Crippen molar-refractivity contribution in [2.75, 3.05) is 20.2 Å². The number of aromatic nitrogens is 2. The maximum absolute atomic E-state index is 13.2. The number of halogens is 3. The van der Waals surface area contributed by atoms with Gasteiger partial charge in [0.1, 0.15) is 23.0 Å². The molecule has 0 bridgehead atoms. The van der Waals surface area contributed by atoms with Gasteiger partial charge in [-0.3, -0.25) is 9.59 Å². The van der Waals surface area contributed by atoms with Crippen LogP contribution in [-0.4, -0.2) is 52.9 Å². The van der Waals surface area contributed by atoms with E-state index in [1.54, 1.807) is 17.9 Å². The second-order valence-corrected chi connectivity index (χ2v) is 8.13. The second kappa shape index (κ2) is 9.53. The standard InChI is InChI=1S/C23H24F3N5O4/c1-12(22(33)31-9-3-4-10-31)28-20(32)19-16(11-27)35-21(30-19)14-5-7-15(34-2)18-13(14)6-8-17(29-18)23(24,25)26/h5-8,12H,3-4,9-11,27H2,1-2H3,(H,28,32)/t12-/m0/s1. The van der Waals surface area contributed by atoms with Gasteiger partial charge in [-0.05, 0) is 44.0 Å². The van der Waals surface area contributed by atoms with Crippen LogP contribution in [0.25, 0.3) is 22.4 Å². The van der Waals surface area contributed by atoms with Gasteiger partial charge in [0.05, 0.1) is 13.7 Å². The van der Waals surface area contributed by atoms with Crippen molar-refractivity contribution in [1.82, 2.24) is 20.2 Å². The molecule has 0 aliphatic carbocycles. The van der Waals surface area contributed by atoms with Crippen molar-refractivity contribution in [3.8, 4) is 17.2 Å². The van der Waals surface area contributed by atoms with Crippen molar-refractivity contribution in [3.05, 3.63) is 41.4 Å². The van der Waals surface area contributed by atoms with Crippen molar-refractivity contribution in [2.45, 2.75) is 38.5 Å². The summed E-state index contributed by atoms with van der Waals surface area (Å²) in [7, 11) is 1.32. The summed E-state index contributed by atoms with van der Waals surface area (Å²) in [6.45, 7) is 2.73. The number of alkyl halides is 3. The van der Waals surface area contributed by atoms with Gasteiger partial charge < -0.3 is 25.1 Å². The first kappa shape index (κ1) is 24.5. The van der Waals surface area contributed by atoms with Crippen molar-refractivity contribution >= 4 is 22.7 Å². The van der Waals surface area contributed by atoms with Gasteiger partial charge in [-0.15, -0.1) is 0 Å². The van der Waals surface area contributed by atoms with Crippen LogP contribution in [0.15, 0.2) is 28.7 Å². The van der Waals surface area contributed by atoms with E-state index in [2.05, 4.69) is 15.3 Å². The maximum atomic E-state index is 13.2. The number of benzene rings is 1. The van der Waals surface area contributed by atoms with E-state index in [-0.39, 0.29) is 46.4 Å². The molecule has 9 nitrogen and oxygen atoms in total. The number of carbonyl (C=O) groups is 2. The SMILES string of the molecule is COc1ccc(-c2nc(C(=O)N[C@@H](C)C(=O)N3CCCC3)c(CN)o2)c2ccc(C(F)(F)F)nc12. The van der Waals surface area contributed by atoms with Gasteiger partial charge >= 0.3 is 6.18 Å². The van der Waals surface area contributed by atoms with E-state index in [9.17, 15) is 22.8 Å². The molecule has 2 aromatic heterocycles.